The molecule has 0 saturated heterocycles. The largest absolute Gasteiger partial charge is 0.459 e. The molecule has 4 rings (SSSR count). The first-order valence-corrected chi connectivity index (χ1v) is 8.39. The molecule has 0 radical (unpaired) electrons. The van der Waals surface area contributed by atoms with E-state index >= 15 is 0 Å². The van der Waals surface area contributed by atoms with Gasteiger partial charge in [-0.15, -0.1) is 11.3 Å². The van der Waals surface area contributed by atoms with Crippen molar-refractivity contribution >= 4 is 22.9 Å². The number of carbonyl (C=O) groups is 1. The highest BCUT2D eigenvalue weighted by Gasteiger charge is 2.28. The summed E-state index contributed by atoms with van der Waals surface area (Å²) < 4.78 is 5.62. The third-order valence-electron chi connectivity index (χ3n) is 4.07. The molecule has 0 N–H and O–H groups in total. The molecule has 0 saturated carbocycles. The average molecular weight is 324 g/mol. The topological polar surface area (TPSA) is 46.3 Å². The van der Waals surface area contributed by atoms with Gasteiger partial charge >= 0.3 is 0 Å². The molecule has 5 heteroatoms. The summed E-state index contributed by atoms with van der Waals surface area (Å²) >= 11 is 1.40. The van der Waals surface area contributed by atoms with E-state index in [2.05, 4.69) is 11.1 Å². The summed E-state index contributed by atoms with van der Waals surface area (Å²) in [5.41, 5.74) is 3.00. The molecule has 3 heterocycles. The van der Waals surface area contributed by atoms with Gasteiger partial charge in [-0.05, 0) is 44.0 Å². The molecule has 1 amide bonds. The number of amides is 1. The van der Waals surface area contributed by atoms with Crippen molar-refractivity contribution in [3.63, 3.8) is 0 Å². The molecule has 3 aromatic rings. The lowest BCUT2D eigenvalue weighted by Gasteiger charge is -2.16. The summed E-state index contributed by atoms with van der Waals surface area (Å²) in [4.78, 5) is 20.0. The zero-order valence-corrected chi connectivity index (χ0v) is 13.8. The van der Waals surface area contributed by atoms with Gasteiger partial charge in [-0.25, -0.2) is 4.98 Å². The van der Waals surface area contributed by atoms with E-state index in [1.807, 2.05) is 49.1 Å². The Morgan fingerprint density at radius 1 is 1.22 bits per heavy atom. The molecule has 0 bridgehead atoms. The summed E-state index contributed by atoms with van der Waals surface area (Å²) in [5, 5.41) is 0.756. The van der Waals surface area contributed by atoms with Crippen LogP contribution in [0.15, 0.2) is 40.8 Å². The Balaban J connectivity index is 1.69. The predicted octanol–water partition coefficient (Wildman–Crippen LogP) is 4.22. The minimum absolute atomic E-state index is 0.0273. The first-order chi connectivity index (χ1) is 11.1. The highest BCUT2D eigenvalue weighted by molar-refractivity contribution is 7.17. The number of furan rings is 1. The van der Waals surface area contributed by atoms with Crippen LogP contribution in [0.5, 0.6) is 0 Å². The van der Waals surface area contributed by atoms with Crippen molar-refractivity contribution in [1.82, 2.24) is 4.98 Å². The third-order valence-corrected chi connectivity index (χ3v) is 5.23. The first-order valence-electron chi connectivity index (χ1n) is 7.57. The number of rotatable bonds is 2. The van der Waals surface area contributed by atoms with Crippen molar-refractivity contribution in [2.24, 2.45) is 0 Å². The lowest BCUT2D eigenvalue weighted by molar-refractivity contribution is 0.0992. The molecule has 4 nitrogen and oxygen atoms in total. The normalized spacial score (nSPS) is 13.4. The maximum absolute atomic E-state index is 12.9. The van der Waals surface area contributed by atoms with Crippen molar-refractivity contribution < 1.29 is 9.21 Å². The summed E-state index contributed by atoms with van der Waals surface area (Å²) in [6, 6.07) is 11.9. The second-order valence-electron chi connectivity index (χ2n) is 5.68. The summed E-state index contributed by atoms with van der Waals surface area (Å²) in [6.45, 7) is 4.51. The van der Waals surface area contributed by atoms with Crippen LogP contribution in [-0.4, -0.2) is 17.4 Å². The van der Waals surface area contributed by atoms with E-state index in [0.29, 0.717) is 4.88 Å². The molecule has 1 aliphatic rings. The minimum atomic E-state index is 0.0273. The van der Waals surface area contributed by atoms with Gasteiger partial charge in [0.2, 0.25) is 0 Å². The molecule has 2 aromatic heterocycles. The number of hydrogen-bond acceptors (Lipinski definition) is 4. The second-order valence-corrected chi connectivity index (χ2v) is 6.68. The molecule has 0 atom stereocenters. The lowest BCUT2D eigenvalue weighted by Crippen LogP contribution is -2.28. The number of fused-ring (bicyclic) bond motifs is 1. The molecule has 0 fully saturated rings. The van der Waals surface area contributed by atoms with Crippen molar-refractivity contribution in [2.75, 3.05) is 11.4 Å². The van der Waals surface area contributed by atoms with Crippen molar-refractivity contribution in [3.05, 3.63) is 58.3 Å². The van der Waals surface area contributed by atoms with Gasteiger partial charge in [0, 0.05) is 12.2 Å². The van der Waals surface area contributed by atoms with E-state index < -0.39 is 0 Å². The number of nitrogens with zero attached hydrogens (tertiary/aromatic N) is 2. The van der Waals surface area contributed by atoms with Gasteiger partial charge in [0.25, 0.3) is 5.91 Å². The van der Waals surface area contributed by atoms with Crippen molar-refractivity contribution in [3.8, 4) is 10.8 Å². The van der Waals surface area contributed by atoms with Crippen LogP contribution < -0.4 is 4.90 Å². The van der Waals surface area contributed by atoms with Crippen LogP contribution in [-0.2, 0) is 6.42 Å². The Kier molecular flexibility index (Phi) is 3.31. The fourth-order valence-corrected chi connectivity index (χ4v) is 3.90. The maximum Gasteiger partial charge on any atom is 0.270 e. The zero-order chi connectivity index (χ0) is 16.0. The average Bonchev–Trinajstić information content (AvgIpc) is 3.24. The van der Waals surface area contributed by atoms with Crippen LogP contribution >= 0.6 is 11.3 Å². The number of hydrogen-bond donors (Lipinski definition) is 0. The zero-order valence-electron chi connectivity index (χ0n) is 13.0. The number of thiazole rings is 1. The summed E-state index contributed by atoms with van der Waals surface area (Å²) in [5.74, 6) is 1.59. The number of anilines is 1. The Morgan fingerprint density at radius 2 is 2.04 bits per heavy atom. The highest BCUT2D eigenvalue weighted by atomic mass is 32.1. The van der Waals surface area contributed by atoms with Crippen molar-refractivity contribution in [1.29, 1.82) is 0 Å². The predicted molar refractivity (Wildman–Crippen MR) is 91.1 cm³/mol. The minimum Gasteiger partial charge on any atom is -0.459 e. The number of para-hydroxylation sites is 1. The summed E-state index contributed by atoms with van der Waals surface area (Å²) in [7, 11) is 0. The molecule has 1 aliphatic heterocycles. The van der Waals surface area contributed by atoms with E-state index in [1.165, 1.54) is 16.9 Å². The fraction of sp³-hybridized carbons (Fsp3) is 0.222. The van der Waals surface area contributed by atoms with Crippen LogP contribution in [0.3, 0.4) is 0 Å². The third kappa shape index (κ3) is 2.37. The van der Waals surface area contributed by atoms with Gasteiger partial charge in [0.1, 0.15) is 10.6 Å². The molecular formula is C18H16N2O2S. The molecule has 116 valence electrons. The summed E-state index contributed by atoms with van der Waals surface area (Å²) in [6.07, 6.45) is 0.907. The number of carbonyl (C=O) groups excluding carboxylic acids is 1. The quantitative estimate of drug-likeness (QED) is 0.709. The van der Waals surface area contributed by atoms with E-state index in [0.717, 1.165) is 40.9 Å². The van der Waals surface area contributed by atoms with E-state index in [4.69, 9.17) is 4.42 Å². The highest BCUT2D eigenvalue weighted by Crippen LogP contribution is 2.33. The molecule has 0 unspecified atom stereocenters. The monoisotopic (exact) mass is 324 g/mol. The molecule has 1 aromatic carbocycles. The second kappa shape index (κ2) is 5.35. The Labute approximate surface area is 138 Å². The number of aromatic nitrogens is 1. The van der Waals surface area contributed by atoms with Crippen LogP contribution in [0.2, 0.25) is 0 Å². The van der Waals surface area contributed by atoms with Gasteiger partial charge in [-0.1, -0.05) is 18.2 Å². The van der Waals surface area contributed by atoms with Gasteiger partial charge in [-0.2, -0.15) is 0 Å². The molecular weight excluding hydrogens is 308 g/mol. The Bertz CT molecular complexity index is 894. The Hall–Kier alpha value is -2.40. The fourth-order valence-electron chi connectivity index (χ4n) is 2.92. The SMILES string of the molecule is Cc1ccc(-c2nc(C)c(C(=O)N3CCc4ccccc43)s2)o1. The van der Waals surface area contributed by atoms with Gasteiger partial charge < -0.3 is 9.32 Å². The van der Waals surface area contributed by atoms with Crippen LogP contribution in [0.1, 0.15) is 26.7 Å². The van der Waals surface area contributed by atoms with E-state index in [9.17, 15) is 4.79 Å². The number of benzene rings is 1. The standard InChI is InChI=1S/C18H16N2O2S/c1-11-7-8-15(22-11)17-19-12(2)16(23-17)18(21)20-10-9-13-5-3-4-6-14(13)20/h3-8H,9-10H2,1-2H3. The van der Waals surface area contributed by atoms with Gasteiger partial charge in [0.05, 0.1) is 5.69 Å². The van der Waals surface area contributed by atoms with Gasteiger partial charge in [-0.3, -0.25) is 4.79 Å². The lowest BCUT2D eigenvalue weighted by atomic mass is 10.2. The first kappa shape index (κ1) is 14.2. The van der Waals surface area contributed by atoms with Crippen LogP contribution in [0.25, 0.3) is 10.8 Å². The molecule has 0 spiro atoms. The number of aryl methyl sites for hydroxylation is 2. The van der Waals surface area contributed by atoms with E-state index in [1.54, 1.807) is 0 Å². The smallest absolute Gasteiger partial charge is 0.270 e. The van der Waals surface area contributed by atoms with Gasteiger partial charge in [0.15, 0.2) is 10.8 Å². The van der Waals surface area contributed by atoms with E-state index in [-0.39, 0.29) is 5.91 Å². The Morgan fingerprint density at radius 3 is 2.83 bits per heavy atom. The van der Waals surface area contributed by atoms with Crippen molar-refractivity contribution in [2.45, 2.75) is 20.3 Å². The maximum atomic E-state index is 12.9. The van der Waals surface area contributed by atoms with Crippen LogP contribution in [0, 0.1) is 13.8 Å². The molecule has 0 aliphatic carbocycles. The molecule has 23 heavy (non-hydrogen) atoms. The van der Waals surface area contributed by atoms with Crippen LogP contribution in [0.4, 0.5) is 5.69 Å².